The Bertz CT molecular complexity index is 770. The van der Waals surface area contributed by atoms with E-state index in [1.165, 1.54) is 32.8 Å². The van der Waals surface area contributed by atoms with Gasteiger partial charge in [0, 0.05) is 0 Å². The molecule has 0 heterocycles. The second kappa shape index (κ2) is 3.88. The minimum atomic E-state index is 0.854. The molecule has 0 aliphatic heterocycles. The molecule has 0 saturated heterocycles. The van der Waals surface area contributed by atoms with Crippen LogP contribution in [0.15, 0.2) is 36.4 Å². The number of benzene rings is 3. The Kier molecular flexibility index (Phi) is 2.44. The molecule has 1 heteroatoms. The lowest BCUT2D eigenvalue weighted by Crippen LogP contribution is -2.02. The second-order valence-electron chi connectivity index (χ2n) is 5.09. The summed E-state index contributed by atoms with van der Waals surface area (Å²) in [5.74, 6) is 0. The third-order valence-corrected chi connectivity index (χ3v) is 4.01. The Labute approximate surface area is 109 Å². The van der Waals surface area contributed by atoms with Gasteiger partial charge in [-0.3, -0.25) is 0 Å². The topological polar surface area (TPSA) is 0 Å². The van der Waals surface area contributed by atoms with E-state index < -0.39 is 0 Å². The minimum absolute atomic E-state index is 0.854. The molecule has 3 aromatic rings. The lowest BCUT2D eigenvalue weighted by atomic mass is 9.87. The molecule has 0 atom stereocenters. The Hall–Kier alpha value is -1.76. The Morgan fingerprint density at radius 2 is 1.56 bits per heavy atom. The maximum Gasteiger partial charge on any atom is 0.114 e. The zero-order valence-corrected chi connectivity index (χ0v) is 11.0. The van der Waals surface area contributed by atoms with Crippen LogP contribution >= 0.6 is 0 Å². The van der Waals surface area contributed by atoms with Gasteiger partial charge in [-0.25, -0.2) is 0 Å². The molecule has 0 nitrogen and oxygen atoms in total. The van der Waals surface area contributed by atoms with Crippen LogP contribution in [0.1, 0.15) is 16.7 Å². The van der Waals surface area contributed by atoms with E-state index in [4.69, 9.17) is 7.85 Å². The van der Waals surface area contributed by atoms with Gasteiger partial charge in [0.25, 0.3) is 0 Å². The van der Waals surface area contributed by atoms with Crippen LogP contribution < -0.4 is 5.46 Å². The third-order valence-electron chi connectivity index (χ3n) is 4.01. The molecule has 3 aromatic carbocycles. The average molecular weight is 230 g/mol. The van der Waals surface area contributed by atoms with Gasteiger partial charge in [-0.2, -0.15) is 0 Å². The van der Waals surface area contributed by atoms with Crippen molar-refractivity contribution < 1.29 is 0 Å². The van der Waals surface area contributed by atoms with E-state index in [0.717, 1.165) is 10.8 Å². The first-order valence-corrected chi connectivity index (χ1v) is 6.26. The molecule has 0 fully saturated rings. The van der Waals surface area contributed by atoms with Crippen molar-refractivity contribution in [3.8, 4) is 0 Å². The van der Waals surface area contributed by atoms with E-state index >= 15 is 0 Å². The van der Waals surface area contributed by atoms with Crippen molar-refractivity contribution in [1.29, 1.82) is 0 Å². The predicted octanol–water partition coefficient (Wildman–Crippen LogP) is 3.71. The predicted molar refractivity (Wildman–Crippen MR) is 81.1 cm³/mol. The summed E-state index contributed by atoms with van der Waals surface area (Å²) in [6.45, 7) is 6.55. The number of hydrogen-bond acceptors (Lipinski definition) is 0. The fourth-order valence-electron chi connectivity index (χ4n) is 2.65. The molecule has 0 aliphatic rings. The quantitative estimate of drug-likeness (QED) is 0.408. The van der Waals surface area contributed by atoms with Gasteiger partial charge in [0.2, 0.25) is 0 Å². The Morgan fingerprint density at radius 1 is 0.778 bits per heavy atom. The molecule has 0 bridgehead atoms. The van der Waals surface area contributed by atoms with Crippen LogP contribution in [-0.2, 0) is 0 Å². The standard InChI is InChI=1S/C17H15B/c1-10-7-14-8-13-5-4-6-17(18)16(13)9-15(14)12(3)11(10)2/h4-9H,1-3H3. The van der Waals surface area contributed by atoms with Crippen molar-refractivity contribution in [3.63, 3.8) is 0 Å². The van der Waals surface area contributed by atoms with Crippen LogP contribution in [0.4, 0.5) is 0 Å². The summed E-state index contributed by atoms with van der Waals surface area (Å²) in [6, 6.07) is 12.8. The van der Waals surface area contributed by atoms with Gasteiger partial charge >= 0.3 is 0 Å². The van der Waals surface area contributed by atoms with E-state index in [9.17, 15) is 0 Å². The van der Waals surface area contributed by atoms with Gasteiger partial charge in [0.15, 0.2) is 0 Å². The first kappa shape index (κ1) is 11.3. The normalized spacial score (nSPS) is 11.3. The van der Waals surface area contributed by atoms with Crippen molar-refractivity contribution in [3.05, 3.63) is 53.1 Å². The van der Waals surface area contributed by atoms with Crippen molar-refractivity contribution >= 4 is 34.9 Å². The summed E-state index contributed by atoms with van der Waals surface area (Å²) in [5.41, 5.74) is 4.93. The van der Waals surface area contributed by atoms with Crippen LogP contribution in [0, 0.1) is 20.8 Å². The van der Waals surface area contributed by atoms with Crippen molar-refractivity contribution in [1.82, 2.24) is 0 Å². The molecule has 3 rings (SSSR count). The smallest absolute Gasteiger partial charge is 0.0890 e. The highest BCUT2D eigenvalue weighted by Crippen LogP contribution is 2.28. The molecule has 86 valence electrons. The zero-order chi connectivity index (χ0) is 12.9. The number of hydrogen-bond donors (Lipinski definition) is 0. The SMILES string of the molecule is [B]c1cccc2cc3cc(C)c(C)c(C)c3cc12. The Balaban J connectivity index is 2.54. The van der Waals surface area contributed by atoms with Crippen LogP contribution in [0.3, 0.4) is 0 Å². The average Bonchev–Trinajstić information content (AvgIpc) is 2.35. The molecular formula is C17H15B. The summed E-state index contributed by atoms with van der Waals surface area (Å²) < 4.78 is 0. The van der Waals surface area contributed by atoms with E-state index in [1.54, 1.807) is 0 Å². The first-order chi connectivity index (χ1) is 8.58. The Morgan fingerprint density at radius 3 is 2.33 bits per heavy atom. The minimum Gasteiger partial charge on any atom is -0.0890 e. The van der Waals surface area contributed by atoms with E-state index in [1.807, 2.05) is 12.1 Å². The molecule has 0 spiro atoms. The first-order valence-electron chi connectivity index (χ1n) is 6.26. The third kappa shape index (κ3) is 1.54. The molecule has 2 radical (unpaired) electrons. The zero-order valence-electron chi connectivity index (χ0n) is 11.0. The summed E-state index contributed by atoms with van der Waals surface area (Å²) in [6.07, 6.45) is 0. The van der Waals surface area contributed by atoms with Crippen LogP contribution in [0.25, 0.3) is 21.5 Å². The van der Waals surface area contributed by atoms with Crippen molar-refractivity contribution in [2.75, 3.05) is 0 Å². The molecule has 0 unspecified atom stereocenters. The fourth-order valence-corrected chi connectivity index (χ4v) is 2.65. The van der Waals surface area contributed by atoms with E-state index in [2.05, 4.69) is 45.0 Å². The number of fused-ring (bicyclic) bond motifs is 2. The van der Waals surface area contributed by atoms with Crippen molar-refractivity contribution in [2.24, 2.45) is 0 Å². The molecule has 0 N–H and O–H groups in total. The fraction of sp³-hybridized carbons (Fsp3) is 0.176. The maximum absolute atomic E-state index is 6.07. The molecule has 0 amide bonds. The highest BCUT2D eigenvalue weighted by atomic mass is 14.1. The van der Waals surface area contributed by atoms with E-state index in [-0.39, 0.29) is 0 Å². The van der Waals surface area contributed by atoms with Gasteiger partial charge in [0.05, 0.1) is 0 Å². The maximum atomic E-state index is 6.07. The highest BCUT2D eigenvalue weighted by Gasteiger charge is 2.06. The van der Waals surface area contributed by atoms with Crippen molar-refractivity contribution in [2.45, 2.75) is 20.8 Å². The van der Waals surface area contributed by atoms with Crippen LogP contribution in [0.5, 0.6) is 0 Å². The molecule has 0 saturated carbocycles. The lowest BCUT2D eigenvalue weighted by Gasteiger charge is -2.12. The van der Waals surface area contributed by atoms with E-state index in [0.29, 0.717) is 0 Å². The van der Waals surface area contributed by atoms with Gasteiger partial charge in [-0.05, 0) is 71.1 Å². The second-order valence-corrected chi connectivity index (χ2v) is 5.09. The summed E-state index contributed by atoms with van der Waals surface area (Å²) >= 11 is 0. The summed E-state index contributed by atoms with van der Waals surface area (Å²) in [4.78, 5) is 0. The van der Waals surface area contributed by atoms with Crippen LogP contribution in [0.2, 0.25) is 0 Å². The van der Waals surface area contributed by atoms with Gasteiger partial charge in [-0.1, -0.05) is 29.7 Å². The lowest BCUT2D eigenvalue weighted by molar-refractivity contribution is 1.30. The molecule has 0 aliphatic carbocycles. The molecular weight excluding hydrogens is 215 g/mol. The monoisotopic (exact) mass is 230 g/mol. The van der Waals surface area contributed by atoms with Crippen LogP contribution in [-0.4, -0.2) is 7.85 Å². The molecule has 18 heavy (non-hydrogen) atoms. The summed E-state index contributed by atoms with van der Waals surface area (Å²) in [7, 11) is 6.07. The number of rotatable bonds is 0. The van der Waals surface area contributed by atoms with Gasteiger partial charge < -0.3 is 0 Å². The van der Waals surface area contributed by atoms with Gasteiger partial charge in [-0.15, -0.1) is 0 Å². The summed E-state index contributed by atoms with van der Waals surface area (Å²) in [5, 5.41) is 4.97. The largest absolute Gasteiger partial charge is 0.114 e. The van der Waals surface area contributed by atoms with Gasteiger partial charge in [0.1, 0.15) is 7.85 Å². The highest BCUT2D eigenvalue weighted by molar-refractivity contribution is 6.39. The number of aryl methyl sites for hydroxylation is 2. The molecule has 0 aromatic heterocycles.